The number of aliphatic imine (C=N–C) groups is 1. The summed E-state index contributed by atoms with van der Waals surface area (Å²) in [4.78, 5) is 4.46. The monoisotopic (exact) mass is 220 g/mol. The first kappa shape index (κ1) is 12.5. The molecule has 0 spiro atoms. The van der Waals surface area contributed by atoms with Crippen LogP contribution < -0.4 is 16.6 Å². The Hall–Kier alpha value is -1.55. The molecule has 0 aliphatic heterocycles. The molecule has 0 saturated carbocycles. The Morgan fingerprint density at radius 3 is 2.31 bits per heavy atom. The predicted octanol–water partition coefficient (Wildman–Crippen LogP) is 1.96. The summed E-state index contributed by atoms with van der Waals surface area (Å²) >= 11 is 0. The average molecular weight is 220 g/mol. The number of nitrogens with zero attached hydrogens (tertiary/aromatic N) is 1. The van der Waals surface area contributed by atoms with Gasteiger partial charge in [-0.15, -0.1) is 0 Å². The maximum absolute atomic E-state index is 5.43. The topological polar surface area (TPSA) is 62.4 Å². The highest BCUT2D eigenvalue weighted by molar-refractivity contribution is 5.93. The average Bonchev–Trinajstić information content (AvgIpc) is 2.29. The molecule has 0 radical (unpaired) electrons. The van der Waals surface area contributed by atoms with Gasteiger partial charge in [-0.2, -0.15) is 0 Å². The summed E-state index contributed by atoms with van der Waals surface area (Å²) < 4.78 is 0. The van der Waals surface area contributed by atoms with Crippen molar-refractivity contribution in [3.8, 4) is 0 Å². The van der Waals surface area contributed by atoms with Crippen molar-refractivity contribution in [2.24, 2.45) is 16.8 Å². The van der Waals surface area contributed by atoms with Crippen molar-refractivity contribution < 1.29 is 0 Å². The number of nitrogens with two attached hydrogens (primary N) is 1. The molecular weight excluding hydrogens is 200 g/mol. The van der Waals surface area contributed by atoms with E-state index in [0.29, 0.717) is 11.9 Å². The quantitative estimate of drug-likeness (QED) is 0.316. The number of rotatable bonds is 3. The molecule has 0 amide bonds. The van der Waals surface area contributed by atoms with Crippen LogP contribution in [0.3, 0.4) is 0 Å². The Kier molecular flexibility index (Phi) is 4.79. The Balaban J connectivity index is 2.69. The maximum Gasteiger partial charge on any atom is 0.210 e. The van der Waals surface area contributed by atoms with Gasteiger partial charge >= 0.3 is 0 Å². The van der Waals surface area contributed by atoms with Gasteiger partial charge in [0.1, 0.15) is 0 Å². The molecule has 4 heteroatoms. The lowest BCUT2D eigenvalue weighted by Gasteiger charge is -2.14. The third kappa shape index (κ3) is 3.90. The molecule has 1 atom stereocenters. The number of guanidine groups is 1. The predicted molar refractivity (Wildman–Crippen MR) is 69.1 cm³/mol. The Morgan fingerprint density at radius 1 is 1.19 bits per heavy atom. The summed E-state index contributed by atoms with van der Waals surface area (Å²) in [6, 6.07) is 10.0. The molecule has 1 aromatic rings. The molecule has 0 aliphatic rings. The lowest BCUT2D eigenvalue weighted by atomic mass is 10.1. The van der Waals surface area contributed by atoms with Crippen molar-refractivity contribution >= 4 is 11.6 Å². The molecule has 0 aromatic heterocycles. The van der Waals surface area contributed by atoms with Gasteiger partial charge < -0.3 is 5.32 Å². The van der Waals surface area contributed by atoms with Gasteiger partial charge in [-0.3, -0.25) is 5.43 Å². The highest BCUT2D eigenvalue weighted by Gasteiger charge is 2.06. The zero-order valence-corrected chi connectivity index (χ0v) is 10.1. The minimum absolute atomic E-state index is 0.224. The molecule has 1 unspecified atom stereocenters. The molecule has 0 saturated heterocycles. The highest BCUT2D eigenvalue weighted by Crippen LogP contribution is 2.07. The molecule has 0 bridgehead atoms. The number of nitrogens with one attached hydrogen (secondary N) is 2. The fraction of sp³-hybridized carbons (Fsp3) is 0.417. The van der Waals surface area contributed by atoms with Gasteiger partial charge in [0.25, 0.3) is 0 Å². The van der Waals surface area contributed by atoms with Crippen molar-refractivity contribution in [1.82, 2.24) is 5.43 Å². The molecule has 4 nitrogen and oxygen atoms in total. The van der Waals surface area contributed by atoms with Gasteiger partial charge in [-0.05, 0) is 25.0 Å². The highest BCUT2D eigenvalue weighted by atomic mass is 15.3. The second kappa shape index (κ2) is 6.12. The minimum atomic E-state index is 0.224. The molecule has 16 heavy (non-hydrogen) atoms. The Labute approximate surface area is 96.9 Å². The van der Waals surface area contributed by atoms with E-state index in [0.717, 1.165) is 5.69 Å². The van der Waals surface area contributed by atoms with Crippen LogP contribution in [0.2, 0.25) is 0 Å². The van der Waals surface area contributed by atoms with Crippen LogP contribution in [0.1, 0.15) is 20.8 Å². The van der Waals surface area contributed by atoms with E-state index in [-0.39, 0.29) is 6.04 Å². The summed E-state index contributed by atoms with van der Waals surface area (Å²) in [5.74, 6) is 6.50. The molecule has 1 rings (SSSR count). The molecule has 0 aliphatic carbocycles. The first-order chi connectivity index (χ1) is 7.63. The smallest absolute Gasteiger partial charge is 0.210 e. The largest absolute Gasteiger partial charge is 0.325 e. The van der Waals surface area contributed by atoms with E-state index >= 15 is 0 Å². The molecule has 1 aromatic carbocycles. The van der Waals surface area contributed by atoms with Crippen molar-refractivity contribution in [2.45, 2.75) is 26.8 Å². The van der Waals surface area contributed by atoms with E-state index in [1.54, 1.807) is 0 Å². The van der Waals surface area contributed by atoms with E-state index in [9.17, 15) is 0 Å². The van der Waals surface area contributed by atoms with Gasteiger partial charge in [-0.25, -0.2) is 10.8 Å². The number of para-hydroxylation sites is 1. The summed E-state index contributed by atoms with van der Waals surface area (Å²) in [7, 11) is 0. The van der Waals surface area contributed by atoms with Crippen LogP contribution in [0.15, 0.2) is 35.3 Å². The number of anilines is 1. The van der Waals surface area contributed by atoms with Crippen molar-refractivity contribution in [3.05, 3.63) is 30.3 Å². The maximum atomic E-state index is 5.43. The Morgan fingerprint density at radius 2 is 1.81 bits per heavy atom. The van der Waals surface area contributed by atoms with Gasteiger partial charge in [0.15, 0.2) is 0 Å². The molecular formula is C12H20N4. The molecule has 0 heterocycles. The minimum Gasteiger partial charge on any atom is -0.325 e. The van der Waals surface area contributed by atoms with Crippen LogP contribution in [0.25, 0.3) is 0 Å². The molecule has 0 fully saturated rings. The summed E-state index contributed by atoms with van der Waals surface area (Å²) in [6.45, 7) is 6.32. The lowest BCUT2D eigenvalue weighted by molar-refractivity contribution is 0.529. The standard InChI is InChI=1S/C12H20N4/c1-9(2)10(3)14-12(16-13)15-11-7-5-4-6-8-11/h4-10H,13H2,1-3H3,(H2,14,15,16). The SMILES string of the molecule is CC(C)C(C)N=C(NN)Nc1ccccc1. The molecule has 4 N–H and O–H groups in total. The second-order valence-corrected chi connectivity index (χ2v) is 4.10. The fourth-order valence-electron chi connectivity index (χ4n) is 1.12. The number of hydrazine groups is 1. The van der Waals surface area contributed by atoms with Crippen LogP contribution in [-0.2, 0) is 0 Å². The van der Waals surface area contributed by atoms with E-state index in [1.165, 1.54) is 0 Å². The van der Waals surface area contributed by atoms with Crippen LogP contribution in [0, 0.1) is 5.92 Å². The number of benzene rings is 1. The summed E-state index contributed by atoms with van der Waals surface area (Å²) in [5.41, 5.74) is 3.54. The third-order valence-electron chi connectivity index (χ3n) is 2.47. The van der Waals surface area contributed by atoms with Gasteiger partial charge in [-0.1, -0.05) is 32.0 Å². The zero-order chi connectivity index (χ0) is 12.0. The lowest BCUT2D eigenvalue weighted by Crippen LogP contribution is -2.37. The van der Waals surface area contributed by atoms with Gasteiger partial charge in [0.05, 0.1) is 6.04 Å². The van der Waals surface area contributed by atoms with E-state index in [4.69, 9.17) is 5.84 Å². The Bertz CT molecular complexity index is 332. The number of hydrogen-bond donors (Lipinski definition) is 3. The van der Waals surface area contributed by atoms with Crippen LogP contribution >= 0.6 is 0 Å². The van der Waals surface area contributed by atoms with E-state index in [2.05, 4.69) is 36.5 Å². The van der Waals surface area contributed by atoms with Gasteiger partial charge in [0.2, 0.25) is 5.96 Å². The van der Waals surface area contributed by atoms with Crippen LogP contribution in [0.4, 0.5) is 5.69 Å². The van der Waals surface area contributed by atoms with Crippen molar-refractivity contribution in [2.75, 3.05) is 5.32 Å². The third-order valence-corrected chi connectivity index (χ3v) is 2.47. The first-order valence-electron chi connectivity index (χ1n) is 5.50. The van der Waals surface area contributed by atoms with Crippen molar-refractivity contribution in [1.29, 1.82) is 0 Å². The van der Waals surface area contributed by atoms with E-state index in [1.807, 2.05) is 30.3 Å². The summed E-state index contributed by atoms with van der Waals surface area (Å²) in [5, 5.41) is 3.13. The fourth-order valence-corrected chi connectivity index (χ4v) is 1.12. The normalized spacial score (nSPS) is 13.7. The zero-order valence-electron chi connectivity index (χ0n) is 10.1. The van der Waals surface area contributed by atoms with Gasteiger partial charge in [0, 0.05) is 5.69 Å². The second-order valence-electron chi connectivity index (χ2n) is 4.10. The molecule has 88 valence electrons. The first-order valence-corrected chi connectivity index (χ1v) is 5.50. The van der Waals surface area contributed by atoms with E-state index < -0.39 is 0 Å². The van der Waals surface area contributed by atoms with Crippen LogP contribution in [0.5, 0.6) is 0 Å². The van der Waals surface area contributed by atoms with Crippen LogP contribution in [-0.4, -0.2) is 12.0 Å². The number of hydrogen-bond acceptors (Lipinski definition) is 2. The summed E-state index contributed by atoms with van der Waals surface area (Å²) in [6.07, 6.45) is 0. The van der Waals surface area contributed by atoms with Crippen molar-refractivity contribution in [3.63, 3.8) is 0 Å².